The first-order chi connectivity index (χ1) is 36.3. The van der Waals surface area contributed by atoms with Crippen LogP contribution >= 0.6 is 23.1 Å². The summed E-state index contributed by atoms with van der Waals surface area (Å²) in [6, 6.07) is 13.6. The van der Waals surface area contributed by atoms with Gasteiger partial charge in [0.05, 0.1) is 35.1 Å². The van der Waals surface area contributed by atoms with Crippen LogP contribution in [0, 0.1) is 13.8 Å². The highest BCUT2D eigenvalue weighted by molar-refractivity contribution is 8.13. The minimum absolute atomic E-state index is 0. The Morgan fingerprint density at radius 2 is 0.927 bits per heavy atom. The normalized spacial score (nSPS) is 18.7. The van der Waals surface area contributed by atoms with Crippen LogP contribution in [0.15, 0.2) is 58.3 Å². The van der Waals surface area contributed by atoms with Gasteiger partial charge in [0, 0.05) is 55.5 Å². The van der Waals surface area contributed by atoms with Crippen molar-refractivity contribution in [1.82, 2.24) is 29.8 Å². The highest BCUT2D eigenvalue weighted by atomic mass is 35.7. The number of aliphatic hydroxyl groups excluding tert-OH is 1. The molecule has 6 rings (SSSR count). The van der Waals surface area contributed by atoms with Gasteiger partial charge in [-0.15, -0.1) is 12.4 Å². The van der Waals surface area contributed by atoms with Gasteiger partial charge in [-0.25, -0.2) is 22.8 Å². The van der Waals surface area contributed by atoms with E-state index >= 15 is 0 Å². The molecule has 22 heteroatoms. The van der Waals surface area contributed by atoms with Crippen LogP contribution < -0.4 is 5.32 Å². The van der Waals surface area contributed by atoms with Crippen LogP contribution in [0.25, 0.3) is 0 Å². The van der Waals surface area contributed by atoms with Gasteiger partial charge in [0.15, 0.2) is 0 Å². The van der Waals surface area contributed by atoms with Crippen molar-refractivity contribution in [2.45, 2.75) is 228 Å². The third kappa shape index (κ3) is 32.2. The van der Waals surface area contributed by atoms with Gasteiger partial charge in [-0.1, -0.05) is 85.4 Å². The molecule has 4 fully saturated rings. The first-order valence-electron chi connectivity index (χ1n) is 28.0. The summed E-state index contributed by atoms with van der Waals surface area (Å²) in [7, 11) is -2.29. The average Bonchev–Trinajstić information content (AvgIpc) is 4.20. The summed E-state index contributed by atoms with van der Waals surface area (Å²) >= 11 is 0. The number of aliphatic hydroxyl groups is 1. The van der Waals surface area contributed by atoms with E-state index in [1.54, 1.807) is 54.8 Å². The van der Waals surface area contributed by atoms with Gasteiger partial charge in [-0.3, -0.25) is 4.18 Å². The van der Waals surface area contributed by atoms with Crippen molar-refractivity contribution in [1.29, 1.82) is 0 Å². The van der Waals surface area contributed by atoms with E-state index in [2.05, 4.69) is 42.8 Å². The second-order valence-electron chi connectivity index (χ2n) is 23.2. The Labute approximate surface area is 509 Å². The lowest BCUT2D eigenvalue weighted by Crippen LogP contribution is -2.45. The standard InChI is InChI=1S/C17H25NO5S.C14H28N2O2.C10H19NO3.C9H20N2.C7H7ClO2S.3CH4.ClH/c1-13-7-9-15(10-8-13)24(20,21)22-12-14-6-5-11-18(14)16(19)23-17(2,3)4;1-6-15(7-2)11-12-9-8-10-16(12)13(17)18-14(3,4)5;1-10(2,3)14-9(13)11-6-4-5-8(11)7-12;1-3-11(4-2)8-9-6-5-7-10-9;1-6-2-4-7(5-3-6)11(8,9)10;;;;/h7-10,14H,5-6,11-12H2,1-4H3;12H,6-11H2,1-5H3;8,12H,4-7H2,1-3H3;9-10H,3-8H2,1-2H3;2-5H,1H3;3*1H4;1H/t14-;12-;8-;9-;;;;;/m1111...../s1. The fourth-order valence-electron chi connectivity index (χ4n) is 8.87. The first kappa shape index (κ1) is 82.7. The molecule has 18 nitrogen and oxygen atoms in total. The molecule has 480 valence electrons. The van der Waals surface area contributed by atoms with E-state index in [0.29, 0.717) is 25.6 Å². The van der Waals surface area contributed by atoms with Crippen molar-refractivity contribution >= 4 is 60.5 Å². The summed E-state index contributed by atoms with van der Waals surface area (Å²) in [5.41, 5.74) is 0.535. The van der Waals surface area contributed by atoms with E-state index in [-0.39, 0.29) is 82.0 Å². The van der Waals surface area contributed by atoms with Crippen molar-refractivity contribution < 1.29 is 54.7 Å². The largest absolute Gasteiger partial charge is 0.444 e. The molecule has 2 aromatic rings. The van der Waals surface area contributed by atoms with Gasteiger partial charge in [0.2, 0.25) is 0 Å². The molecular weight excluding hydrogens is 1130 g/mol. The smallest absolute Gasteiger partial charge is 0.410 e. The molecule has 4 aliphatic rings. The highest BCUT2D eigenvalue weighted by Crippen LogP contribution is 2.25. The minimum atomic E-state index is -3.83. The number of nitrogens with zero attached hydrogens (tertiary/aromatic N) is 5. The third-order valence-electron chi connectivity index (χ3n) is 13.2. The van der Waals surface area contributed by atoms with Gasteiger partial charge < -0.3 is 49.1 Å². The number of halogens is 2. The summed E-state index contributed by atoms with van der Waals surface area (Å²) in [6.45, 7) is 39.2. The minimum Gasteiger partial charge on any atom is -0.444 e. The van der Waals surface area contributed by atoms with Crippen molar-refractivity contribution in [2.24, 2.45) is 0 Å². The van der Waals surface area contributed by atoms with E-state index in [1.807, 2.05) is 60.3 Å². The molecule has 82 heavy (non-hydrogen) atoms. The summed E-state index contributed by atoms with van der Waals surface area (Å²) in [5.74, 6) is 0. The predicted octanol–water partition coefficient (Wildman–Crippen LogP) is 12.5. The van der Waals surface area contributed by atoms with Crippen molar-refractivity contribution in [3.8, 4) is 0 Å². The number of hydrogen-bond donors (Lipinski definition) is 2. The van der Waals surface area contributed by atoms with E-state index in [1.165, 1.54) is 63.3 Å². The molecule has 0 bridgehead atoms. The highest BCUT2D eigenvalue weighted by Gasteiger charge is 2.35. The maximum absolute atomic E-state index is 12.2. The molecule has 0 saturated carbocycles. The number of hydrogen-bond acceptors (Lipinski definition) is 15. The van der Waals surface area contributed by atoms with Gasteiger partial charge in [-0.2, -0.15) is 8.42 Å². The Bertz CT molecular complexity index is 2300. The molecule has 4 atom stereocenters. The zero-order valence-corrected chi connectivity index (χ0v) is 53.6. The molecular formula is C60H112Cl2N6O12S2. The van der Waals surface area contributed by atoms with E-state index in [9.17, 15) is 31.2 Å². The van der Waals surface area contributed by atoms with E-state index < -0.39 is 42.1 Å². The number of rotatable bonds is 14. The van der Waals surface area contributed by atoms with Gasteiger partial charge in [0.25, 0.3) is 19.2 Å². The Balaban J connectivity index is -0.000000970. The fourth-order valence-corrected chi connectivity index (χ4v) is 10.6. The van der Waals surface area contributed by atoms with Crippen LogP contribution in [0.2, 0.25) is 0 Å². The molecule has 4 aliphatic heterocycles. The third-order valence-corrected chi connectivity index (χ3v) is 15.8. The fraction of sp³-hybridized carbons (Fsp3) is 0.750. The molecule has 2 N–H and O–H groups in total. The summed E-state index contributed by atoms with van der Waals surface area (Å²) in [4.78, 5) is 46.1. The number of likely N-dealkylation sites (tertiary alicyclic amines) is 3. The monoisotopic (exact) mass is 1240 g/mol. The first-order valence-corrected chi connectivity index (χ1v) is 31.7. The van der Waals surface area contributed by atoms with Crippen LogP contribution in [-0.2, 0) is 37.6 Å². The van der Waals surface area contributed by atoms with Crippen molar-refractivity contribution in [3.05, 3.63) is 59.7 Å². The number of benzene rings is 2. The second kappa shape index (κ2) is 39.3. The van der Waals surface area contributed by atoms with Crippen LogP contribution in [0.1, 0.15) is 175 Å². The van der Waals surface area contributed by atoms with Crippen LogP contribution in [-0.4, -0.2) is 184 Å². The quantitative estimate of drug-likeness (QED) is 0.103. The summed E-state index contributed by atoms with van der Waals surface area (Å²) in [5, 5.41) is 12.5. The number of ether oxygens (including phenoxy) is 3. The predicted molar refractivity (Wildman–Crippen MR) is 338 cm³/mol. The SMILES string of the molecule is C.C.C.CC(C)(C)OC(=O)N1CCC[C@@H]1CO.CCN(CC)C[C@H]1CCCN1.CCN(CC)C[C@H]1CCCN1C(=O)OC(C)(C)C.Cc1ccc(S(=O)(=O)Cl)cc1.Cc1ccc(S(=O)(=O)OC[C@H]2CCCN2C(=O)OC(C)(C)C)cc1.Cl. The molecule has 0 aliphatic carbocycles. The number of carbonyl (C=O) groups excluding carboxylic acids is 3. The Hall–Kier alpha value is -3.47. The van der Waals surface area contributed by atoms with Gasteiger partial charge in [-0.05, 0) is 185 Å². The molecule has 4 saturated heterocycles. The zero-order valence-electron chi connectivity index (χ0n) is 50.3. The molecule has 4 heterocycles. The van der Waals surface area contributed by atoms with Gasteiger partial charge in [0.1, 0.15) is 16.8 Å². The molecule has 0 unspecified atom stereocenters. The summed E-state index contributed by atoms with van der Waals surface area (Å²) in [6.07, 6.45) is 7.34. The van der Waals surface area contributed by atoms with Crippen molar-refractivity contribution in [3.63, 3.8) is 0 Å². The van der Waals surface area contributed by atoms with E-state index in [0.717, 1.165) is 75.5 Å². The average molecular weight is 1240 g/mol. The molecule has 0 radical (unpaired) electrons. The molecule has 3 amide bonds. The number of carbonyl (C=O) groups is 3. The molecule has 2 aromatic carbocycles. The molecule has 0 aromatic heterocycles. The number of aryl methyl sites for hydroxylation is 2. The molecule has 0 spiro atoms. The summed E-state index contributed by atoms with van der Waals surface area (Å²) < 4.78 is 67.2. The topological polar surface area (TPSA) is 205 Å². The van der Waals surface area contributed by atoms with Crippen molar-refractivity contribution in [2.75, 3.05) is 78.7 Å². The van der Waals surface area contributed by atoms with E-state index in [4.69, 9.17) is 34.2 Å². The zero-order chi connectivity index (χ0) is 59.1. The number of amides is 3. The maximum atomic E-state index is 12.2. The van der Waals surface area contributed by atoms with Gasteiger partial charge >= 0.3 is 18.3 Å². The maximum Gasteiger partial charge on any atom is 0.410 e. The second-order valence-corrected chi connectivity index (χ2v) is 27.3. The lowest BCUT2D eigenvalue weighted by Gasteiger charge is -2.31. The Kier molecular flexibility index (Phi) is 39.6. The van der Waals surface area contributed by atoms with Crippen LogP contribution in [0.3, 0.4) is 0 Å². The lowest BCUT2D eigenvalue weighted by molar-refractivity contribution is 0.0170. The Morgan fingerprint density at radius 1 is 0.573 bits per heavy atom. The van der Waals surface area contributed by atoms with Crippen LogP contribution in [0.4, 0.5) is 14.4 Å². The Morgan fingerprint density at radius 3 is 1.28 bits per heavy atom. The van der Waals surface area contributed by atoms with Crippen LogP contribution in [0.5, 0.6) is 0 Å². The number of likely N-dealkylation sites (N-methyl/N-ethyl adjacent to an activating group) is 2. The number of nitrogens with one attached hydrogen (secondary N) is 1. The lowest BCUT2D eigenvalue weighted by atomic mass is 10.2.